The molecule has 0 aromatic heterocycles. The average molecular weight is 277 g/mol. The second kappa shape index (κ2) is 5.79. The number of halogens is 1. The summed E-state index contributed by atoms with van der Waals surface area (Å²) >= 11 is 0. The highest BCUT2D eigenvalue weighted by Gasteiger charge is 2.30. The van der Waals surface area contributed by atoms with Gasteiger partial charge in [-0.15, -0.1) is 0 Å². The molecule has 20 heavy (non-hydrogen) atoms. The zero-order valence-corrected chi connectivity index (χ0v) is 11.5. The summed E-state index contributed by atoms with van der Waals surface area (Å²) in [5.41, 5.74) is 0.667. The number of carbonyl (C=O) groups excluding carboxylic acids is 1. The summed E-state index contributed by atoms with van der Waals surface area (Å²) in [6.07, 6.45) is 1.98. The molecule has 2 heterocycles. The molecule has 2 aliphatic rings. The first-order valence-electron chi connectivity index (χ1n) is 7.27. The third-order valence-corrected chi connectivity index (χ3v) is 4.20. The van der Waals surface area contributed by atoms with E-state index in [2.05, 4.69) is 15.1 Å². The van der Waals surface area contributed by atoms with Gasteiger partial charge in [-0.25, -0.2) is 4.39 Å². The van der Waals surface area contributed by atoms with Gasteiger partial charge in [-0.3, -0.25) is 9.69 Å². The third kappa shape index (κ3) is 2.63. The van der Waals surface area contributed by atoms with Crippen LogP contribution in [0.25, 0.3) is 0 Å². The number of nitrogens with zero attached hydrogens (tertiary/aromatic N) is 2. The molecule has 2 aliphatic heterocycles. The number of carbonyl (C=O) groups is 1. The first-order valence-corrected chi connectivity index (χ1v) is 7.27. The van der Waals surface area contributed by atoms with Crippen molar-refractivity contribution in [3.8, 4) is 0 Å². The number of piperidine rings is 1. The number of hydrogen-bond acceptors (Lipinski definition) is 3. The fraction of sp³-hybridized carbons (Fsp3) is 0.533. The molecule has 2 saturated heterocycles. The molecule has 1 atom stereocenters. The smallest absolute Gasteiger partial charge is 0.237 e. The lowest BCUT2D eigenvalue weighted by molar-refractivity contribution is -0.128. The van der Waals surface area contributed by atoms with Crippen molar-refractivity contribution in [3.05, 3.63) is 30.1 Å². The minimum Gasteiger partial charge on any atom is -0.367 e. The third-order valence-electron chi connectivity index (χ3n) is 4.20. The minimum atomic E-state index is -0.170. The maximum absolute atomic E-state index is 13.8. The number of benzene rings is 1. The van der Waals surface area contributed by atoms with E-state index in [1.165, 1.54) is 6.07 Å². The Balaban J connectivity index is 1.62. The van der Waals surface area contributed by atoms with Gasteiger partial charge in [0.1, 0.15) is 5.82 Å². The van der Waals surface area contributed by atoms with Crippen molar-refractivity contribution in [2.45, 2.75) is 18.9 Å². The highest BCUT2D eigenvalue weighted by molar-refractivity contribution is 5.82. The van der Waals surface area contributed by atoms with Crippen molar-refractivity contribution >= 4 is 11.6 Å². The summed E-state index contributed by atoms with van der Waals surface area (Å²) < 4.78 is 13.8. The first-order chi connectivity index (χ1) is 9.75. The van der Waals surface area contributed by atoms with E-state index < -0.39 is 0 Å². The number of anilines is 1. The SMILES string of the molecule is O=C1NCCCC1N1CCN(c2ccccc2F)CC1. The van der Waals surface area contributed by atoms with Gasteiger partial charge >= 0.3 is 0 Å². The van der Waals surface area contributed by atoms with Crippen LogP contribution in [-0.2, 0) is 4.79 Å². The van der Waals surface area contributed by atoms with E-state index >= 15 is 0 Å². The molecule has 5 heteroatoms. The highest BCUT2D eigenvalue weighted by Crippen LogP contribution is 2.22. The van der Waals surface area contributed by atoms with Gasteiger partial charge in [-0.2, -0.15) is 0 Å². The molecule has 2 fully saturated rings. The molecule has 1 amide bonds. The molecule has 1 aromatic carbocycles. The minimum absolute atomic E-state index is 0.00604. The lowest BCUT2D eigenvalue weighted by Crippen LogP contribution is -2.56. The molecule has 1 N–H and O–H groups in total. The quantitative estimate of drug-likeness (QED) is 0.883. The van der Waals surface area contributed by atoms with Crippen molar-refractivity contribution in [2.24, 2.45) is 0 Å². The molecular weight excluding hydrogens is 257 g/mol. The van der Waals surface area contributed by atoms with Gasteiger partial charge in [0.15, 0.2) is 0 Å². The van der Waals surface area contributed by atoms with E-state index in [1.807, 2.05) is 12.1 Å². The topological polar surface area (TPSA) is 35.6 Å². The predicted octanol–water partition coefficient (Wildman–Crippen LogP) is 1.23. The van der Waals surface area contributed by atoms with Crippen LogP contribution in [0.2, 0.25) is 0 Å². The average Bonchev–Trinajstić information content (AvgIpc) is 2.49. The van der Waals surface area contributed by atoms with E-state index in [4.69, 9.17) is 0 Å². The van der Waals surface area contributed by atoms with Gasteiger partial charge in [0.2, 0.25) is 5.91 Å². The second-order valence-electron chi connectivity index (χ2n) is 5.42. The summed E-state index contributed by atoms with van der Waals surface area (Å²) in [4.78, 5) is 16.2. The van der Waals surface area contributed by atoms with Gasteiger partial charge in [-0.1, -0.05) is 12.1 Å². The Morgan fingerprint density at radius 1 is 1.15 bits per heavy atom. The second-order valence-corrected chi connectivity index (χ2v) is 5.42. The Labute approximate surface area is 118 Å². The molecule has 0 aliphatic carbocycles. The lowest BCUT2D eigenvalue weighted by Gasteiger charge is -2.40. The molecule has 108 valence electrons. The van der Waals surface area contributed by atoms with Crippen molar-refractivity contribution in [1.29, 1.82) is 0 Å². The van der Waals surface area contributed by atoms with Gasteiger partial charge in [0.25, 0.3) is 0 Å². The number of amides is 1. The van der Waals surface area contributed by atoms with Crippen LogP contribution in [0, 0.1) is 5.82 Å². The number of para-hydroxylation sites is 1. The molecule has 4 nitrogen and oxygen atoms in total. The van der Waals surface area contributed by atoms with Crippen LogP contribution in [0.3, 0.4) is 0 Å². The van der Waals surface area contributed by atoms with E-state index in [-0.39, 0.29) is 17.8 Å². The number of nitrogens with one attached hydrogen (secondary N) is 1. The monoisotopic (exact) mass is 277 g/mol. The normalized spacial score (nSPS) is 24.6. The summed E-state index contributed by atoms with van der Waals surface area (Å²) in [6.45, 7) is 3.96. The lowest BCUT2D eigenvalue weighted by atomic mass is 10.0. The zero-order chi connectivity index (χ0) is 13.9. The molecule has 0 radical (unpaired) electrons. The maximum Gasteiger partial charge on any atom is 0.237 e. The van der Waals surface area contributed by atoms with Crippen molar-refractivity contribution in [2.75, 3.05) is 37.6 Å². The maximum atomic E-state index is 13.8. The predicted molar refractivity (Wildman–Crippen MR) is 76.2 cm³/mol. The highest BCUT2D eigenvalue weighted by atomic mass is 19.1. The summed E-state index contributed by atoms with van der Waals surface area (Å²) in [6, 6.07) is 6.89. The Morgan fingerprint density at radius 3 is 2.60 bits per heavy atom. The van der Waals surface area contributed by atoms with Crippen LogP contribution >= 0.6 is 0 Å². The standard InChI is InChI=1S/C15H20FN3O/c16-12-4-1-2-5-13(12)18-8-10-19(11-9-18)14-6-3-7-17-15(14)20/h1-2,4-5,14H,3,6-11H2,(H,17,20). The van der Waals surface area contributed by atoms with Crippen LogP contribution in [-0.4, -0.2) is 49.6 Å². The van der Waals surface area contributed by atoms with Crippen molar-refractivity contribution < 1.29 is 9.18 Å². The van der Waals surface area contributed by atoms with Gasteiger partial charge < -0.3 is 10.2 Å². The molecular formula is C15H20FN3O. The van der Waals surface area contributed by atoms with Gasteiger partial charge in [0, 0.05) is 32.7 Å². The molecule has 0 bridgehead atoms. The molecule has 3 rings (SSSR count). The van der Waals surface area contributed by atoms with Crippen LogP contribution in [0.4, 0.5) is 10.1 Å². The number of rotatable bonds is 2. The van der Waals surface area contributed by atoms with E-state index in [0.29, 0.717) is 5.69 Å². The summed E-state index contributed by atoms with van der Waals surface area (Å²) in [5.74, 6) is -0.0213. The van der Waals surface area contributed by atoms with Crippen LogP contribution in [0.1, 0.15) is 12.8 Å². The van der Waals surface area contributed by atoms with Gasteiger partial charge in [0.05, 0.1) is 11.7 Å². The number of piperazine rings is 1. The van der Waals surface area contributed by atoms with Crippen LogP contribution < -0.4 is 10.2 Å². The van der Waals surface area contributed by atoms with E-state index in [1.54, 1.807) is 6.07 Å². The Morgan fingerprint density at radius 2 is 1.90 bits per heavy atom. The molecule has 0 saturated carbocycles. The molecule has 0 spiro atoms. The van der Waals surface area contributed by atoms with Crippen LogP contribution in [0.15, 0.2) is 24.3 Å². The fourth-order valence-electron chi connectivity index (χ4n) is 3.09. The largest absolute Gasteiger partial charge is 0.367 e. The number of hydrogen-bond donors (Lipinski definition) is 1. The molecule has 1 aromatic rings. The Bertz CT molecular complexity index is 486. The van der Waals surface area contributed by atoms with Crippen LogP contribution in [0.5, 0.6) is 0 Å². The van der Waals surface area contributed by atoms with E-state index in [9.17, 15) is 9.18 Å². The zero-order valence-electron chi connectivity index (χ0n) is 11.5. The summed E-state index contributed by atoms with van der Waals surface area (Å²) in [7, 11) is 0. The van der Waals surface area contributed by atoms with Crippen molar-refractivity contribution in [3.63, 3.8) is 0 Å². The first kappa shape index (κ1) is 13.4. The van der Waals surface area contributed by atoms with Gasteiger partial charge in [-0.05, 0) is 25.0 Å². The van der Waals surface area contributed by atoms with E-state index in [0.717, 1.165) is 45.6 Å². The summed E-state index contributed by atoms with van der Waals surface area (Å²) in [5, 5.41) is 2.93. The Hall–Kier alpha value is -1.62. The fourth-order valence-corrected chi connectivity index (χ4v) is 3.09. The van der Waals surface area contributed by atoms with Crippen molar-refractivity contribution in [1.82, 2.24) is 10.2 Å². The Kier molecular flexibility index (Phi) is 3.87. The molecule has 1 unspecified atom stereocenters.